The molecule has 2 N–H and O–H groups in total. The van der Waals surface area contributed by atoms with Crippen molar-refractivity contribution in [1.29, 1.82) is 0 Å². The fourth-order valence-corrected chi connectivity index (χ4v) is 2.26. The molecule has 1 aliphatic carbocycles. The number of phenols is 1. The third-order valence-corrected chi connectivity index (χ3v) is 3.03. The predicted octanol–water partition coefficient (Wildman–Crippen LogP) is 2.41. The molecule has 0 bridgehead atoms. The van der Waals surface area contributed by atoms with E-state index in [1.165, 1.54) is 6.42 Å². The Morgan fingerprint density at radius 1 is 1.14 bits per heavy atom. The molecule has 0 saturated heterocycles. The van der Waals surface area contributed by atoms with Crippen LogP contribution in [-0.4, -0.2) is 16.3 Å². The van der Waals surface area contributed by atoms with Gasteiger partial charge >= 0.3 is 0 Å². The van der Waals surface area contributed by atoms with Gasteiger partial charge in [0.25, 0.3) is 0 Å². The summed E-state index contributed by atoms with van der Waals surface area (Å²) in [6.07, 6.45) is 3.99. The minimum atomic E-state index is -0.231. The molecule has 1 aliphatic rings. The van der Waals surface area contributed by atoms with E-state index in [1.54, 1.807) is 12.1 Å². The zero-order valence-corrected chi connectivity index (χ0v) is 8.19. The highest BCUT2D eigenvalue weighted by Crippen LogP contribution is 2.33. The molecule has 2 unspecified atom stereocenters. The van der Waals surface area contributed by atoms with Gasteiger partial charge in [0.15, 0.2) is 0 Å². The van der Waals surface area contributed by atoms with Crippen LogP contribution in [0.3, 0.4) is 0 Å². The van der Waals surface area contributed by atoms with Gasteiger partial charge in [-0.3, -0.25) is 0 Å². The number of aromatic hydroxyl groups is 1. The van der Waals surface area contributed by atoms with Crippen LogP contribution in [0.15, 0.2) is 24.3 Å². The van der Waals surface area contributed by atoms with Crippen molar-refractivity contribution in [2.45, 2.75) is 37.7 Å². The number of rotatable bonds is 1. The largest absolute Gasteiger partial charge is 0.508 e. The van der Waals surface area contributed by atoms with Gasteiger partial charge in [0.05, 0.1) is 6.10 Å². The smallest absolute Gasteiger partial charge is 0.115 e. The molecule has 0 aliphatic heterocycles. The minimum absolute atomic E-state index is 0.218. The Labute approximate surface area is 84.2 Å². The quantitative estimate of drug-likeness (QED) is 0.717. The summed E-state index contributed by atoms with van der Waals surface area (Å²) in [6, 6.07) is 7.25. The lowest BCUT2D eigenvalue weighted by molar-refractivity contribution is 0.106. The first-order chi connectivity index (χ1) is 6.77. The van der Waals surface area contributed by atoms with E-state index >= 15 is 0 Å². The standard InChI is InChI=1S/C12H16O2/c13-10-5-3-4-9(8-10)11-6-1-2-7-12(11)14/h3-5,8,11-14H,1-2,6-7H2. The van der Waals surface area contributed by atoms with E-state index in [4.69, 9.17) is 0 Å². The highest BCUT2D eigenvalue weighted by molar-refractivity contribution is 5.30. The van der Waals surface area contributed by atoms with E-state index < -0.39 is 0 Å². The highest BCUT2D eigenvalue weighted by Gasteiger charge is 2.24. The number of phenolic OH excluding ortho intramolecular Hbond substituents is 1. The van der Waals surface area contributed by atoms with Crippen LogP contribution in [0.4, 0.5) is 0 Å². The second kappa shape index (κ2) is 4.01. The van der Waals surface area contributed by atoms with Gasteiger partial charge in [0.1, 0.15) is 5.75 Å². The summed E-state index contributed by atoms with van der Waals surface area (Å²) in [5.41, 5.74) is 1.07. The SMILES string of the molecule is Oc1cccc(C2CCCCC2O)c1. The number of hydrogen-bond donors (Lipinski definition) is 2. The summed E-state index contributed by atoms with van der Waals surface area (Å²) in [6.45, 7) is 0. The zero-order chi connectivity index (χ0) is 9.97. The van der Waals surface area contributed by atoms with Gasteiger partial charge in [-0.05, 0) is 30.5 Å². The molecule has 1 aromatic carbocycles. The Morgan fingerprint density at radius 3 is 2.64 bits per heavy atom. The van der Waals surface area contributed by atoms with Gasteiger partial charge in [0, 0.05) is 5.92 Å². The molecule has 0 radical (unpaired) electrons. The monoisotopic (exact) mass is 192 g/mol. The van der Waals surface area contributed by atoms with E-state index in [9.17, 15) is 10.2 Å². The Morgan fingerprint density at radius 2 is 1.93 bits per heavy atom. The van der Waals surface area contributed by atoms with Crippen molar-refractivity contribution in [3.63, 3.8) is 0 Å². The van der Waals surface area contributed by atoms with E-state index in [0.29, 0.717) is 5.75 Å². The molecule has 1 fully saturated rings. The molecule has 0 amide bonds. The van der Waals surface area contributed by atoms with Crippen LogP contribution in [0.25, 0.3) is 0 Å². The Bertz CT molecular complexity index is 309. The Balaban J connectivity index is 2.20. The van der Waals surface area contributed by atoms with Crippen molar-refractivity contribution >= 4 is 0 Å². The summed E-state index contributed by atoms with van der Waals surface area (Å²) >= 11 is 0. The molecule has 0 aromatic heterocycles. The molecule has 1 saturated carbocycles. The second-order valence-electron chi connectivity index (χ2n) is 4.05. The van der Waals surface area contributed by atoms with Crippen molar-refractivity contribution in [2.24, 2.45) is 0 Å². The maximum absolute atomic E-state index is 9.83. The fourth-order valence-electron chi connectivity index (χ4n) is 2.26. The lowest BCUT2D eigenvalue weighted by Gasteiger charge is -2.27. The van der Waals surface area contributed by atoms with E-state index in [1.807, 2.05) is 12.1 Å². The number of aliphatic hydroxyl groups excluding tert-OH is 1. The minimum Gasteiger partial charge on any atom is -0.508 e. The normalized spacial score (nSPS) is 27.5. The van der Waals surface area contributed by atoms with Crippen LogP contribution in [0, 0.1) is 0 Å². The average molecular weight is 192 g/mol. The van der Waals surface area contributed by atoms with E-state index in [2.05, 4.69) is 0 Å². The number of hydrogen-bond acceptors (Lipinski definition) is 2. The van der Waals surface area contributed by atoms with Gasteiger partial charge in [-0.25, -0.2) is 0 Å². The van der Waals surface area contributed by atoms with E-state index in [-0.39, 0.29) is 12.0 Å². The Hall–Kier alpha value is -1.02. The van der Waals surface area contributed by atoms with Crippen LogP contribution in [-0.2, 0) is 0 Å². The van der Waals surface area contributed by atoms with Crippen molar-refractivity contribution in [3.05, 3.63) is 29.8 Å². The van der Waals surface area contributed by atoms with Gasteiger partial charge in [-0.15, -0.1) is 0 Å². The van der Waals surface area contributed by atoms with Gasteiger partial charge in [-0.1, -0.05) is 25.0 Å². The molecule has 2 atom stereocenters. The molecular weight excluding hydrogens is 176 g/mol. The molecule has 2 nitrogen and oxygen atoms in total. The molecular formula is C12H16O2. The molecule has 2 rings (SSSR count). The first-order valence-corrected chi connectivity index (χ1v) is 5.24. The van der Waals surface area contributed by atoms with Crippen LogP contribution < -0.4 is 0 Å². The maximum Gasteiger partial charge on any atom is 0.115 e. The molecule has 2 heteroatoms. The van der Waals surface area contributed by atoms with Gasteiger partial charge in [-0.2, -0.15) is 0 Å². The van der Waals surface area contributed by atoms with Crippen molar-refractivity contribution < 1.29 is 10.2 Å². The van der Waals surface area contributed by atoms with Crippen molar-refractivity contribution in [3.8, 4) is 5.75 Å². The van der Waals surface area contributed by atoms with Crippen LogP contribution in [0.1, 0.15) is 37.2 Å². The van der Waals surface area contributed by atoms with Gasteiger partial charge in [0.2, 0.25) is 0 Å². The maximum atomic E-state index is 9.83. The highest BCUT2D eigenvalue weighted by atomic mass is 16.3. The topological polar surface area (TPSA) is 40.5 Å². The third-order valence-electron chi connectivity index (χ3n) is 3.03. The first-order valence-electron chi connectivity index (χ1n) is 5.24. The van der Waals surface area contributed by atoms with Crippen LogP contribution in [0.5, 0.6) is 5.75 Å². The third kappa shape index (κ3) is 1.90. The lowest BCUT2D eigenvalue weighted by atomic mass is 9.82. The summed E-state index contributed by atoms with van der Waals surface area (Å²) in [4.78, 5) is 0. The van der Waals surface area contributed by atoms with Crippen LogP contribution in [0.2, 0.25) is 0 Å². The summed E-state index contributed by atoms with van der Waals surface area (Å²) in [5, 5.41) is 19.2. The lowest BCUT2D eigenvalue weighted by Crippen LogP contribution is -2.22. The molecule has 14 heavy (non-hydrogen) atoms. The first kappa shape index (κ1) is 9.53. The molecule has 76 valence electrons. The number of aliphatic hydroxyl groups is 1. The number of benzene rings is 1. The summed E-state index contributed by atoms with van der Waals surface area (Å²) < 4.78 is 0. The Kier molecular flexibility index (Phi) is 2.73. The average Bonchev–Trinajstić information content (AvgIpc) is 2.18. The summed E-state index contributed by atoms with van der Waals surface area (Å²) in [5.74, 6) is 0.510. The van der Waals surface area contributed by atoms with Crippen molar-refractivity contribution in [1.82, 2.24) is 0 Å². The zero-order valence-electron chi connectivity index (χ0n) is 8.19. The second-order valence-corrected chi connectivity index (χ2v) is 4.05. The summed E-state index contributed by atoms with van der Waals surface area (Å²) in [7, 11) is 0. The van der Waals surface area contributed by atoms with Gasteiger partial charge < -0.3 is 10.2 Å². The van der Waals surface area contributed by atoms with Crippen LogP contribution >= 0.6 is 0 Å². The fraction of sp³-hybridized carbons (Fsp3) is 0.500. The molecule has 0 heterocycles. The molecule has 0 spiro atoms. The van der Waals surface area contributed by atoms with Crippen molar-refractivity contribution in [2.75, 3.05) is 0 Å². The molecule has 1 aromatic rings. The predicted molar refractivity (Wildman–Crippen MR) is 55.3 cm³/mol. The van der Waals surface area contributed by atoms with E-state index in [0.717, 1.165) is 24.8 Å².